The van der Waals surface area contributed by atoms with E-state index in [0.717, 1.165) is 25.5 Å². The molecule has 1 aliphatic carbocycles. The average molecular weight is 236 g/mol. The number of hydrogen-bond donors (Lipinski definition) is 2. The van der Waals surface area contributed by atoms with Gasteiger partial charge in [0.15, 0.2) is 5.82 Å². The molecule has 1 saturated carbocycles. The van der Waals surface area contributed by atoms with Crippen molar-refractivity contribution < 1.29 is 9.50 Å². The Morgan fingerprint density at radius 2 is 2.24 bits per heavy atom. The lowest BCUT2D eigenvalue weighted by Gasteiger charge is -2.17. The SMILES string of the molecule is Nc1ncc(F)c2ncn([C@@H]3CCC[C@H]3O)c12. The summed E-state index contributed by atoms with van der Waals surface area (Å²) in [7, 11) is 0. The summed E-state index contributed by atoms with van der Waals surface area (Å²) in [5.74, 6) is -0.238. The highest BCUT2D eigenvalue weighted by Gasteiger charge is 2.29. The topological polar surface area (TPSA) is 77.0 Å². The molecule has 2 aromatic heterocycles. The Balaban J connectivity index is 2.20. The number of nitrogen functional groups attached to an aromatic ring is 1. The first-order valence-electron chi connectivity index (χ1n) is 5.63. The first-order valence-corrected chi connectivity index (χ1v) is 5.63. The molecule has 90 valence electrons. The molecule has 0 saturated heterocycles. The monoisotopic (exact) mass is 236 g/mol. The second kappa shape index (κ2) is 3.66. The molecule has 0 bridgehead atoms. The van der Waals surface area contributed by atoms with Crippen molar-refractivity contribution in [1.82, 2.24) is 14.5 Å². The zero-order chi connectivity index (χ0) is 12.0. The van der Waals surface area contributed by atoms with E-state index >= 15 is 0 Å². The predicted molar refractivity (Wildman–Crippen MR) is 60.8 cm³/mol. The second-order valence-electron chi connectivity index (χ2n) is 4.41. The van der Waals surface area contributed by atoms with Crippen molar-refractivity contribution in [2.45, 2.75) is 31.4 Å². The molecule has 2 atom stereocenters. The van der Waals surface area contributed by atoms with Gasteiger partial charge < -0.3 is 15.4 Å². The fourth-order valence-corrected chi connectivity index (χ4v) is 2.53. The molecule has 6 heteroatoms. The Labute approximate surface area is 97.1 Å². The highest BCUT2D eigenvalue weighted by molar-refractivity contribution is 5.85. The second-order valence-corrected chi connectivity index (χ2v) is 4.41. The third-order valence-corrected chi connectivity index (χ3v) is 3.38. The van der Waals surface area contributed by atoms with Crippen LogP contribution >= 0.6 is 0 Å². The molecular formula is C11H13FN4O. The van der Waals surface area contributed by atoms with E-state index in [1.165, 1.54) is 6.33 Å². The molecule has 3 rings (SSSR count). The van der Waals surface area contributed by atoms with E-state index in [4.69, 9.17) is 5.73 Å². The Kier molecular flexibility index (Phi) is 2.25. The summed E-state index contributed by atoms with van der Waals surface area (Å²) in [5.41, 5.74) is 6.46. The van der Waals surface area contributed by atoms with Gasteiger partial charge in [-0.2, -0.15) is 0 Å². The smallest absolute Gasteiger partial charge is 0.169 e. The molecule has 17 heavy (non-hydrogen) atoms. The van der Waals surface area contributed by atoms with Crippen molar-refractivity contribution in [2.75, 3.05) is 5.73 Å². The molecule has 0 amide bonds. The number of anilines is 1. The lowest BCUT2D eigenvalue weighted by molar-refractivity contribution is 0.138. The van der Waals surface area contributed by atoms with Gasteiger partial charge in [0.25, 0.3) is 0 Å². The molecule has 0 radical (unpaired) electrons. The van der Waals surface area contributed by atoms with Crippen molar-refractivity contribution in [2.24, 2.45) is 0 Å². The van der Waals surface area contributed by atoms with Crippen LogP contribution in [0.2, 0.25) is 0 Å². The fraction of sp³-hybridized carbons (Fsp3) is 0.455. The molecule has 1 aliphatic rings. The van der Waals surface area contributed by atoms with Gasteiger partial charge in [-0.3, -0.25) is 0 Å². The van der Waals surface area contributed by atoms with Gasteiger partial charge in [0.05, 0.1) is 24.7 Å². The number of imidazole rings is 1. The number of halogens is 1. The lowest BCUT2D eigenvalue weighted by Crippen LogP contribution is -2.18. The maximum atomic E-state index is 13.5. The van der Waals surface area contributed by atoms with Gasteiger partial charge >= 0.3 is 0 Å². The summed E-state index contributed by atoms with van der Waals surface area (Å²) in [6.07, 6.45) is 4.74. The van der Waals surface area contributed by atoms with E-state index in [2.05, 4.69) is 9.97 Å². The van der Waals surface area contributed by atoms with Gasteiger partial charge in [-0.25, -0.2) is 14.4 Å². The van der Waals surface area contributed by atoms with E-state index in [0.29, 0.717) is 5.52 Å². The number of aliphatic hydroxyl groups is 1. The van der Waals surface area contributed by atoms with E-state index in [9.17, 15) is 9.50 Å². The van der Waals surface area contributed by atoms with Crippen LogP contribution in [0, 0.1) is 5.82 Å². The third kappa shape index (κ3) is 1.48. The molecule has 0 aromatic carbocycles. The molecule has 2 aromatic rings. The lowest BCUT2D eigenvalue weighted by atomic mass is 10.2. The van der Waals surface area contributed by atoms with Crippen LogP contribution < -0.4 is 5.73 Å². The molecule has 0 spiro atoms. The van der Waals surface area contributed by atoms with E-state index < -0.39 is 11.9 Å². The summed E-state index contributed by atoms with van der Waals surface area (Å²) in [6.45, 7) is 0. The van der Waals surface area contributed by atoms with E-state index in [1.807, 2.05) is 0 Å². The number of pyridine rings is 1. The number of hydrogen-bond acceptors (Lipinski definition) is 4. The largest absolute Gasteiger partial charge is 0.391 e. The Bertz CT molecular complexity index is 568. The first kappa shape index (κ1) is 10.5. The van der Waals surface area contributed by atoms with Gasteiger partial charge in [0.2, 0.25) is 0 Å². The Hall–Kier alpha value is -1.69. The summed E-state index contributed by atoms with van der Waals surface area (Å²) in [6, 6.07) is -0.0779. The van der Waals surface area contributed by atoms with Gasteiger partial charge in [0.1, 0.15) is 16.9 Å². The molecule has 5 nitrogen and oxygen atoms in total. The Morgan fingerprint density at radius 3 is 2.94 bits per heavy atom. The quantitative estimate of drug-likeness (QED) is 0.781. The number of aromatic nitrogens is 3. The summed E-state index contributed by atoms with van der Waals surface area (Å²) < 4.78 is 15.3. The summed E-state index contributed by atoms with van der Waals surface area (Å²) >= 11 is 0. The highest BCUT2D eigenvalue weighted by atomic mass is 19.1. The van der Waals surface area contributed by atoms with Gasteiger partial charge in [-0.05, 0) is 19.3 Å². The molecule has 3 N–H and O–H groups in total. The van der Waals surface area contributed by atoms with Crippen molar-refractivity contribution >= 4 is 16.9 Å². The maximum absolute atomic E-state index is 13.5. The van der Waals surface area contributed by atoms with Crippen molar-refractivity contribution in [3.8, 4) is 0 Å². The van der Waals surface area contributed by atoms with Gasteiger partial charge in [0, 0.05) is 0 Å². The molecule has 0 unspecified atom stereocenters. The number of rotatable bonds is 1. The van der Waals surface area contributed by atoms with Crippen LogP contribution in [0.3, 0.4) is 0 Å². The zero-order valence-corrected chi connectivity index (χ0v) is 9.17. The van der Waals surface area contributed by atoms with Crippen LogP contribution in [-0.4, -0.2) is 25.7 Å². The van der Waals surface area contributed by atoms with Crippen LogP contribution in [0.1, 0.15) is 25.3 Å². The third-order valence-electron chi connectivity index (χ3n) is 3.38. The number of nitrogens with two attached hydrogens (primary N) is 1. The zero-order valence-electron chi connectivity index (χ0n) is 9.17. The van der Waals surface area contributed by atoms with E-state index in [1.54, 1.807) is 4.57 Å². The minimum atomic E-state index is -0.486. The molecule has 2 heterocycles. The summed E-state index contributed by atoms with van der Waals surface area (Å²) in [4.78, 5) is 7.81. The van der Waals surface area contributed by atoms with Crippen molar-refractivity contribution in [3.05, 3.63) is 18.3 Å². The molecule has 0 aliphatic heterocycles. The van der Waals surface area contributed by atoms with E-state index in [-0.39, 0.29) is 17.4 Å². The minimum absolute atomic E-state index is 0.0779. The van der Waals surface area contributed by atoms with Gasteiger partial charge in [-0.15, -0.1) is 0 Å². The van der Waals surface area contributed by atoms with Crippen molar-refractivity contribution in [1.29, 1.82) is 0 Å². The van der Waals surface area contributed by atoms with Crippen LogP contribution in [0.25, 0.3) is 11.0 Å². The Morgan fingerprint density at radius 1 is 1.41 bits per heavy atom. The molecular weight excluding hydrogens is 223 g/mol. The highest BCUT2D eigenvalue weighted by Crippen LogP contribution is 2.34. The predicted octanol–water partition coefficient (Wildman–Crippen LogP) is 1.24. The first-order chi connectivity index (χ1) is 8.18. The minimum Gasteiger partial charge on any atom is -0.391 e. The number of aliphatic hydroxyl groups excluding tert-OH is 1. The van der Waals surface area contributed by atoms with Crippen LogP contribution in [-0.2, 0) is 0 Å². The van der Waals surface area contributed by atoms with Crippen LogP contribution in [0.5, 0.6) is 0 Å². The normalized spacial score (nSPS) is 24.6. The number of nitrogens with zero attached hydrogens (tertiary/aromatic N) is 3. The van der Waals surface area contributed by atoms with Gasteiger partial charge in [-0.1, -0.05) is 0 Å². The van der Waals surface area contributed by atoms with Crippen LogP contribution in [0.15, 0.2) is 12.5 Å². The summed E-state index contributed by atoms with van der Waals surface area (Å²) in [5, 5.41) is 9.88. The standard InChI is InChI=1S/C11H13FN4O/c12-6-4-14-11(13)10-9(6)15-5-16(10)7-2-1-3-8(7)17/h4-5,7-8,17H,1-3H2,(H2,13,14)/t7-,8-/m1/s1. The average Bonchev–Trinajstić information content (AvgIpc) is 2.89. The fourth-order valence-electron chi connectivity index (χ4n) is 2.53. The number of fused-ring (bicyclic) bond motifs is 1. The van der Waals surface area contributed by atoms with Crippen molar-refractivity contribution in [3.63, 3.8) is 0 Å². The van der Waals surface area contributed by atoms with Crippen LogP contribution in [0.4, 0.5) is 10.2 Å². The maximum Gasteiger partial charge on any atom is 0.169 e. The molecule has 1 fully saturated rings.